The Morgan fingerprint density at radius 1 is 1.31 bits per heavy atom. The summed E-state index contributed by atoms with van der Waals surface area (Å²) in [4.78, 5) is 22.1. The number of carbonyl (C=O) groups excluding carboxylic acids is 2. The van der Waals surface area contributed by atoms with Crippen LogP contribution in [0, 0.1) is 0 Å². The molecule has 0 atom stereocenters. The normalized spacial score (nSPS) is 9.38. The highest BCUT2D eigenvalue weighted by atomic mass is 16.5. The Morgan fingerprint density at radius 2 is 1.94 bits per heavy atom. The first-order valence-corrected chi connectivity index (χ1v) is 4.74. The lowest BCUT2D eigenvalue weighted by Crippen LogP contribution is -2.30. The second kappa shape index (κ2) is 5.72. The Bertz CT molecular complexity index is 375. The van der Waals surface area contributed by atoms with Crippen LogP contribution in [0.1, 0.15) is 17.3 Å². The van der Waals surface area contributed by atoms with Crippen LogP contribution in [-0.4, -0.2) is 18.5 Å². The van der Waals surface area contributed by atoms with E-state index in [1.54, 1.807) is 6.92 Å². The third-order valence-corrected chi connectivity index (χ3v) is 1.78. The zero-order valence-electron chi connectivity index (χ0n) is 8.82. The number of rotatable bonds is 3. The van der Waals surface area contributed by atoms with Gasteiger partial charge in [-0.15, -0.1) is 0 Å². The first-order chi connectivity index (χ1) is 7.67. The van der Waals surface area contributed by atoms with Crippen LogP contribution in [-0.2, 0) is 0 Å². The minimum Gasteiger partial charge on any atom is -0.410 e. The van der Waals surface area contributed by atoms with Crippen molar-refractivity contribution in [3.8, 4) is 5.75 Å². The summed E-state index contributed by atoms with van der Waals surface area (Å²) < 4.78 is 4.91. The standard InChI is InChI=1S/C10H13N3O3/c1-2-12-10(15)16-8-5-3-7(4-6-8)9(14)13-11/h3-6H,2,11H2,1H3,(H,12,15)(H,13,14). The lowest BCUT2D eigenvalue weighted by Gasteiger charge is -2.05. The molecule has 0 aliphatic heterocycles. The summed E-state index contributed by atoms with van der Waals surface area (Å²) in [5.74, 6) is 4.93. The molecule has 0 spiro atoms. The average molecular weight is 223 g/mol. The van der Waals surface area contributed by atoms with Crippen LogP contribution >= 0.6 is 0 Å². The van der Waals surface area contributed by atoms with E-state index in [2.05, 4.69) is 5.32 Å². The van der Waals surface area contributed by atoms with Crippen molar-refractivity contribution in [2.75, 3.05) is 6.54 Å². The quantitative estimate of drug-likeness (QED) is 0.393. The first-order valence-electron chi connectivity index (χ1n) is 4.74. The van der Waals surface area contributed by atoms with Crippen molar-refractivity contribution < 1.29 is 14.3 Å². The topological polar surface area (TPSA) is 93.4 Å². The third kappa shape index (κ3) is 3.25. The van der Waals surface area contributed by atoms with Gasteiger partial charge in [-0.1, -0.05) is 0 Å². The van der Waals surface area contributed by atoms with Crippen molar-refractivity contribution in [1.29, 1.82) is 0 Å². The molecule has 1 rings (SSSR count). The van der Waals surface area contributed by atoms with Crippen LogP contribution in [0.25, 0.3) is 0 Å². The van der Waals surface area contributed by atoms with E-state index >= 15 is 0 Å². The Morgan fingerprint density at radius 3 is 2.44 bits per heavy atom. The lowest BCUT2D eigenvalue weighted by atomic mass is 10.2. The van der Waals surface area contributed by atoms with E-state index < -0.39 is 12.0 Å². The predicted molar refractivity (Wildman–Crippen MR) is 57.8 cm³/mol. The summed E-state index contributed by atoms with van der Waals surface area (Å²) in [5, 5.41) is 2.48. The molecule has 0 bridgehead atoms. The monoisotopic (exact) mass is 223 g/mol. The van der Waals surface area contributed by atoms with Crippen LogP contribution in [0.15, 0.2) is 24.3 Å². The molecule has 0 heterocycles. The van der Waals surface area contributed by atoms with E-state index in [9.17, 15) is 9.59 Å². The Balaban J connectivity index is 2.64. The maximum atomic E-state index is 11.1. The number of nitrogens with one attached hydrogen (secondary N) is 2. The van der Waals surface area contributed by atoms with Crippen LogP contribution in [0.4, 0.5) is 4.79 Å². The van der Waals surface area contributed by atoms with Gasteiger partial charge in [-0.3, -0.25) is 10.2 Å². The molecule has 0 saturated heterocycles. The van der Waals surface area contributed by atoms with E-state index in [0.717, 1.165) is 0 Å². The number of nitrogens with two attached hydrogens (primary N) is 1. The second-order valence-corrected chi connectivity index (χ2v) is 2.92. The van der Waals surface area contributed by atoms with Gasteiger partial charge >= 0.3 is 6.09 Å². The molecule has 0 fully saturated rings. The fourth-order valence-electron chi connectivity index (χ4n) is 1.05. The molecular formula is C10H13N3O3. The Kier molecular flexibility index (Phi) is 4.28. The number of hydrogen-bond donors (Lipinski definition) is 3. The molecule has 1 aromatic rings. The molecule has 16 heavy (non-hydrogen) atoms. The summed E-state index contributed by atoms with van der Waals surface area (Å²) >= 11 is 0. The Hall–Kier alpha value is -2.08. The number of carbonyl (C=O) groups is 2. The van der Waals surface area contributed by atoms with E-state index in [0.29, 0.717) is 17.9 Å². The molecule has 0 aliphatic rings. The number of benzene rings is 1. The molecule has 0 radical (unpaired) electrons. The van der Waals surface area contributed by atoms with Gasteiger partial charge in [-0.25, -0.2) is 10.6 Å². The lowest BCUT2D eigenvalue weighted by molar-refractivity contribution is 0.0953. The number of hydrogen-bond acceptors (Lipinski definition) is 4. The summed E-state index contributed by atoms with van der Waals surface area (Å²) in [6.07, 6.45) is -0.529. The number of nitrogen functional groups attached to an aromatic ring is 1. The van der Waals surface area contributed by atoms with Crippen LogP contribution in [0.2, 0.25) is 0 Å². The molecule has 0 aliphatic carbocycles. The molecule has 0 aromatic heterocycles. The maximum Gasteiger partial charge on any atom is 0.412 e. The Labute approximate surface area is 92.7 Å². The summed E-state index contributed by atoms with van der Waals surface area (Å²) in [6, 6.07) is 6.05. The van der Waals surface area contributed by atoms with Gasteiger partial charge in [0.2, 0.25) is 0 Å². The maximum absolute atomic E-state index is 11.1. The fraction of sp³-hybridized carbons (Fsp3) is 0.200. The highest BCUT2D eigenvalue weighted by Crippen LogP contribution is 2.11. The average Bonchev–Trinajstić information content (AvgIpc) is 2.29. The van der Waals surface area contributed by atoms with E-state index in [1.807, 2.05) is 5.43 Å². The molecule has 4 N–H and O–H groups in total. The van der Waals surface area contributed by atoms with Crippen molar-refractivity contribution in [2.24, 2.45) is 5.84 Å². The highest BCUT2D eigenvalue weighted by molar-refractivity contribution is 5.93. The van der Waals surface area contributed by atoms with Gasteiger partial charge in [0.25, 0.3) is 5.91 Å². The minimum atomic E-state index is -0.529. The van der Waals surface area contributed by atoms with Crippen molar-refractivity contribution in [3.05, 3.63) is 29.8 Å². The van der Waals surface area contributed by atoms with Crippen molar-refractivity contribution in [3.63, 3.8) is 0 Å². The SMILES string of the molecule is CCNC(=O)Oc1ccc(C(=O)NN)cc1. The molecule has 1 aromatic carbocycles. The first kappa shape index (κ1) is 12.0. The molecule has 86 valence electrons. The second-order valence-electron chi connectivity index (χ2n) is 2.92. The number of amides is 2. The van der Waals surface area contributed by atoms with E-state index in [-0.39, 0.29) is 0 Å². The van der Waals surface area contributed by atoms with Crippen LogP contribution in [0.5, 0.6) is 5.75 Å². The molecule has 2 amide bonds. The highest BCUT2D eigenvalue weighted by Gasteiger charge is 2.05. The third-order valence-electron chi connectivity index (χ3n) is 1.78. The van der Waals surface area contributed by atoms with Gasteiger partial charge in [-0.2, -0.15) is 0 Å². The van der Waals surface area contributed by atoms with Gasteiger partial charge in [0.15, 0.2) is 0 Å². The van der Waals surface area contributed by atoms with Gasteiger partial charge in [0.1, 0.15) is 5.75 Å². The van der Waals surface area contributed by atoms with Gasteiger partial charge in [0, 0.05) is 12.1 Å². The van der Waals surface area contributed by atoms with Crippen molar-refractivity contribution in [2.45, 2.75) is 6.92 Å². The number of hydrazine groups is 1. The van der Waals surface area contributed by atoms with E-state index in [1.165, 1.54) is 24.3 Å². The summed E-state index contributed by atoms with van der Waals surface area (Å²) in [6.45, 7) is 2.28. The molecule has 6 heteroatoms. The summed E-state index contributed by atoms with van der Waals surface area (Å²) in [5.41, 5.74) is 2.40. The van der Waals surface area contributed by atoms with Gasteiger partial charge in [0.05, 0.1) is 0 Å². The van der Waals surface area contributed by atoms with E-state index in [4.69, 9.17) is 10.6 Å². The van der Waals surface area contributed by atoms with Crippen LogP contribution in [0.3, 0.4) is 0 Å². The van der Waals surface area contributed by atoms with Crippen molar-refractivity contribution in [1.82, 2.24) is 10.7 Å². The molecule has 6 nitrogen and oxygen atoms in total. The largest absolute Gasteiger partial charge is 0.412 e. The van der Waals surface area contributed by atoms with Crippen molar-refractivity contribution >= 4 is 12.0 Å². The van der Waals surface area contributed by atoms with Crippen LogP contribution < -0.4 is 21.3 Å². The molecule has 0 saturated carbocycles. The zero-order chi connectivity index (χ0) is 12.0. The smallest absolute Gasteiger partial charge is 0.410 e. The van der Waals surface area contributed by atoms with Gasteiger partial charge in [-0.05, 0) is 31.2 Å². The predicted octanol–water partition coefficient (Wildman–Crippen LogP) is 0.398. The molecule has 0 unspecified atom stereocenters. The minimum absolute atomic E-state index is 0.361. The summed E-state index contributed by atoms with van der Waals surface area (Å²) in [7, 11) is 0. The molecular weight excluding hydrogens is 210 g/mol. The zero-order valence-corrected chi connectivity index (χ0v) is 8.82. The van der Waals surface area contributed by atoms with Gasteiger partial charge < -0.3 is 10.1 Å². The fourth-order valence-corrected chi connectivity index (χ4v) is 1.05. The number of ether oxygens (including phenoxy) is 1.